The summed E-state index contributed by atoms with van der Waals surface area (Å²) in [6, 6.07) is 9.88. The van der Waals surface area contributed by atoms with Gasteiger partial charge in [0, 0.05) is 11.8 Å². The van der Waals surface area contributed by atoms with E-state index in [2.05, 4.69) is 34.2 Å². The third-order valence-corrected chi connectivity index (χ3v) is 3.84. The maximum absolute atomic E-state index is 5.82. The molecule has 0 aliphatic rings. The molecule has 0 atom stereocenters. The molecule has 0 saturated heterocycles. The van der Waals surface area contributed by atoms with E-state index >= 15 is 0 Å². The van der Waals surface area contributed by atoms with Crippen molar-refractivity contribution in [1.29, 1.82) is 0 Å². The average molecular weight is 320 g/mol. The Morgan fingerprint density at radius 3 is 2.54 bits per heavy atom. The van der Waals surface area contributed by atoms with Crippen LogP contribution in [0.25, 0.3) is 34.0 Å². The molecule has 4 rings (SSSR count). The van der Waals surface area contributed by atoms with Crippen LogP contribution in [-0.4, -0.2) is 20.3 Å². The standard InChI is InChI=1S/C18H16N4O2/c1-10(2)15-14-8-13(9-19-18(14)24-22-15)17-21-20-16(23-17)12-6-4-5-11(3)7-12/h4-10H,1-3H3. The van der Waals surface area contributed by atoms with E-state index in [1.807, 2.05) is 37.3 Å². The number of nitrogens with zero attached hydrogens (tertiary/aromatic N) is 4. The van der Waals surface area contributed by atoms with E-state index in [-0.39, 0.29) is 5.92 Å². The number of rotatable bonds is 3. The Morgan fingerprint density at radius 2 is 1.79 bits per heavy atom. The van der Waals surface area contributed by atoms with E-state index in [0.29, 0.717) is 17.5 Å². The van der Waals surface area contributed by atoms with Gasteiger partial charge in [0.25, 0.3) is 5.71 Å². The minimum atomic E-state index is 0.244. The van der Waals surface area contributed by atoms with Gasteiger partial charge in [-0.3, -0.25) is 0 Å². The summed E-state index contributed by atoms with van der Waals surface area (Å²) in [6.45, 7) is 6.15. The average Bonchev–Trinajstić information content (AvgIpc) is 3.21. The highest BCUT2D eigenvalue weighted by atomic mass is 16.5. The molecule has 0 bridgehead atoms. The molecule has 0 unspecified atom stereocenters. The van der Waals surface area contributed by atoms with Crippen LogP contribution >= 0.6 is 0 Å². The fraction of sp³-hybridized carbons (Fsp3) is 0.222. The van der Waals surface area contributed by atoms with Crippen LogP contribution < -0.4 is 0 Å². The molecule has 0 radical (unpaired) electrons. The highest BCUT2D eigenvalue weighted by molar-refractivity contribution is 5.80. The fourth-order valence-corrected chi connectivity index (χ4v) is 2.62. The molecule has 0 spiro atoms. The predicted molar refractivity (Wildman–Crippen MR) is 89.4 cm³/mol. The van der Waals surface area contributed by atoms with Crippen LogP contribution in [0, 0.1) is 6.92 Å². The molecule has 0 fully saturated rings. The Bertz CT molecular complexity index is 1020. The van der Waals surface area contributed by atoms with Gasteiger partial charge in [0.2, 0.25) is 11.8 Å². The maximum Gasteiger partial charge on any atom is 0.257 e. The summed E-state index contributed by atoms with van der Waals surface area (Å²) in [6.07, 6.45) is 1.66. The topological polar surface area (TPSA) is 77.8 Å². The van der Waals surface area contributed by atoms with Crippen LogP contribution in [0.15, 0.2) is 45.5 Å². The lowest BCUT2D eigenvalue weighted by Gasteiger charge is -1.99. The Balaban J connectivity index is 1.77. The molecule has 0 aliphatic heterocycles. The Kier molecular flexibility index (Phi) is 3.37. The number of hydrogen-bond donors (Lipinski definition) is 0. The van der Waals surface area contributed by atoms with Crippen molar-refractivity contribution >= 4 is 11.1 Å². The number of pyridine rings is 1. The maximum atomic E-state index is 5.82. The zero-order valence-corrected chi connectivity index (χ0v) is 13.6. The van der Waals surface area contributed by atoms with Gasteiger partial charge in [-0.15, -0.1) is 10.2 Å². The summed E-state index contributed by atoms with van der Waals surface area (Å²) < 4.78 is 11.1. The molecule has 4 aromatic rings. The van der Waals surface area contributed by atoms with E-state index in [1.54, 1.807) is 6.20 Å². The lowest BCUT2D eigenvalue weighted by atomic mass is 10.1. The molecule has 0 N–H and O–H groups in total. The molecule has 0 saturated carbocycles. The monoisotopic (exact) mass is 320 g/mol. The largest absolute Gasteiger partial charge is 0.416 e. The van der Waals surface area contributed by atoms with Gasteiger partial charge in [-0.25, -0.2) is 4.98 Å². The van der Waals surface area contributed by atoms with Gasteiger partial charge in [0.1, 0.15) is 0 Å². The molecular weight excluding hydrogens is 304 g/mol. The quantitative estimate of drug-likeness (QED) is 0.557. The summed E-state index contributed by atoms with van der Waals surface area (Å²) in [7, 11) is 0. The van der Waals surface area contributed by atoms with E-state index in [0.717, 1.165) is 27.8 Å². The molecule has 6 nitrogen and oxygen atoms in total. The van der Waals surface area contributed by atoms with Crippen molar-refractivity contribution in [2.75, 3.05) is 0 Å². The van der Waals surface area contributed by atoms with Gasteiger partial charge < -0.3 is 8.94 Å². The number of hydrogen-bond acceptors (Lipinski definition) is 6. The highest BCUT2D eigenvalue weighted by Gasteiger charge is 2.16. The lowest BCUT2D eigenvalue weighted by Crippen LogP contribution is -1.88. The summed E-state index contributed by atoms with van der Waals surface area (Å²) in [5.74, 6) is 1.16. The van der Waals surface area contributed by atoms with Crippen molar-refractivity contribution in [3.63, 3.8) is 0 Å². The smallest absolute Gasteiger partial charge is 0.257 e. The Hall–Kier alpha value is -3.02. The number of benzene rings is 1. The first kappa shape index (κ1) is 14.6. The molecule has 3 heterocycles. The van der Waals surface area contributed by atoms with Crippen molar-refractivity contribution < 1.29 is 8.94 Å². The first-order valence-electron chi connectivity index (χ1n) is 7.78. The van der Waals surface area contributed by atoms with Gasteiger partial charge in [0.15, 0.2) is 0 Å². The Labute approximate surface area is 138 Å². The number of aromatic nitrogens is 4. The van der Waals surface area contributed by atoms with Crippen LogP contribution in [-0.2, 0) is 0 Å². The molecule has 1 aromatic carbocycles. The van der Waals surface area contributed by atoms with Crippen molar-refractivity contribution in [2.24, 2.45) is 0 Å². The second-order valence-electron chi connectivity index (χ2n) is 6.08. The molecule has 3 aromatic heterocycles. The second-order valence-corrected chi connectivity index (χ2v) is 6.08. The number of aryl methyl sites for hydroxylation is 1. The first-order valence-corrected chi connectivity index (χ1v) is 7.78. The minimum Gasteiger partial charge on any atom is -0.416 e. The van der Waals surface area contributed by atoms with Gasteiger partial charge in [-0.2, -0.15) is 0 Å². The van der Waals surface area contributed by atoms with Crippen LogP contribution in [0.5, 0.6) is 0 Å². The predicted octanol–water partition coefficient (Wildman–Crippen LogP) is 4.37. The lowest BCUT2D eigenvalue weighted by molar-refractivity contribution is 0.434. The van der Waals surface area contributed by atoms with Gasteiger partial charge in [-0.05, 0) is 31.0 Å². The second kappa shape index (κ2) is 5.56. The number of fused-ring (bicyclic) bond motifs is 1. The van der Waals surface area contributed by atoms with E-state index in [1.165, 1.54) is 0 Å². The normalized spacial score (nSPS) is 11.5. The molecule has 120 valence electrons. The zero-order valence-electron chi connectivity index (χ0n) is 13.6. The van der Waals surface area contributed by atoms with Crippen LogP contribution in [0.2, 0.25) is 0 Å². The summed E-state index contributed by atoms with van der Waals surface area (Å²) >= 11 is 0. The summed E-state index contributed by atoms with van der Waals surface area (Å²) in [5, 5.41) is 13.3. The van der Waals surface area contributed by atoms with E-state index in [4.69, 9.17) is 8.94 Å². The summed E-state index contributed by atoms with van der Waals surface area (Å²) in [4.78, 5) is 4.30. The third-order valence-electron chi connectivity index (χ3n) is 3.84. The van der Waals surface area contributed by atoms with E-state index < -0.39 is 0 Å². The highest BCUT2D eigenvalue weighted by Crippen LogP contribution is 2.29. The third kappa shape index (κ3) is 2.46. The minimum absolute atomic E-state index is 0.244. The first-order chi connectivity index (χ1) is 11.6. The van der Waals surface area contributed by atoms with Crippen LogP contribution in [0.1, 0.15) is 31.0 Å². The molecule has 6 heteroatoms. The van der Waals surface area contributed by atoms with Gasteiger partial charge in [0.05, 0.1) is 16.6 Å². The van der Waals surface area contributed by atoms with E-state index in [9.17, 15) is 0 Å². The molecule has 0 aliphatic carbocycles. The van der Waals surface area contributed by atoms with Crippen LogP contribution in [0.3, 0.4) is 0 Å². The van der Waals surface area contributed by atoms with Gasteiger partial charge in [-0.1, -0.05) is 36.7 Å². The van der Waals surface area contributed by atoms with Gasteiger partial charge >= 0.3 is 0 Å². The molecule has 24 heavy (non-hydrogen) atoms. The van der Waals surface area contributed by atoms with Crippen molar-refractivity contribution in [1.82, 2.24) is 20.3 Å². The molecular formula is C18H16N4O2. The SMILES string of the molecule is Cc1cccc(-c2nnc(-c3cnc4onc(C(C)C)c4c3)o2)c1. The van der Waals surface area contributed by atoms with Crippen molar-refractivity contribution in [2.45, 2.75) is 26.7 Å². The van der Waals surface area contributed by atoms with Crippen molar-refractivity contribution in [3.05, 3.63) is 47.8 Å². The fourth-order valence-electron chi connectivity index (χ4n) is 2.62. The van der Waals surface area contributed by atoms with Crippen LogP contribution in [0.4, 0.5) is 0 Å². The zero-order chi connectivity index (χ0) is 16.7. The molecule has 0 amide bonds. The van der Waals surface area contributed by atoms with Crippen molar-refractivity contribution in [3.8, 4) is 22.9 Å². The Morgan fingerprint density at radius 1 is 1.00 bits per heavy atom. The summed E-state index contributed by atoms with van der Waals surface area (Å²) in [5.41, 5.74) is 4.18.